The van der Waals surface area contributed by atoms with Crippen LogP contribution in [0.4, 0.5) is 18.9 Å². The van der Waals surface area contributed by atoms with Gasteiger partial charge in [0.1, 0.15) is 0 Å². The number of benzene rings is 2. The molecule has 1 N–H and O–H groups in total. The Kier molecular flexibility index (Phi) is 6.02. The molecule has 31 heavy (non-hydrogen) atoms. The number of nitrogens with one attached hydrogen (secondary N) is 1. The monoisotopic (exact) mass is 449 g/mol. The molecule has 0 saturated carbocycles. The molecule has 162 valence electrons. The second kappa shape index (κ2) is 8.72. The lowest BCUT2D eigenvalue weighted by Gasteiger charge is -2.28. The first-order chi connectivity index (χ1) is 14.8. The van der Waals surface area contributed by atoms with Crippen molar-refractivity contribution in [3.63, 3.8) is 0 Å². The summed E-state index contributed by atoms with van der Waals surface area (Å²) in [6.45, 7) is 1.91. The van der Waals surface area contributed by atoms with E-state index in [2.05, 4.69) is 10.3 Å². The zero-order valence-electron chi connectivity index (χ0n) is 16.4. The van der Waals surface area contributed by atoms with Crippen molar-refractivity contribution in [2.75, 3.05) is 31.6 Å². The minimum absolute atomic E-state index is 0.0962. The van der Waals surface area contributed by atoms with Crippen LogP contribution in [0.1, 0.15) is 21.5 Å². The predicted octanol–water partition coefficient (Wildman–Crippen LogP) is 4.99. The minimum atomic E-state index is -4.43. The normalized spacial score (nSPS) is 14.6. The fourth-order valence-electron chi connectivity index (χ4n) is 3.50. The fourth-order valence-corrected chi connectivity index (χ4v) is 3.67. The molecule has 1 amide bonds. The summed E-state index contributed by atoms with van der Waals surface area (Å²) < 4.78 is 44.5. The lowest BCUT2D eigenvalue weighted by Crippen LogP contribution is -2.41. The molecule has 1 aliphatic rings. The van der Waals surface area contributed by atoms with Crippen LogP contribution in [-0.2, 0) is 17.5 Å². The summed E-state index contributed by atoms with van der Waals surface area (Å²) in [5, 5.41) is 4.24. The lowest BCUT2D eigenvalue weighted by atomic mass is 10.1. The van der Waals surface area contributed by atoms with Crippen LogP contribution in [-0.4, -0.2) is 42.1 Å². The number of morpholine rings is 1. The topological polar surface area (TPSA) is 54.5 Å². The van der Waals surface area contributed by atoms with Crippen molar-refractivity contribution in [1.29, 1.82) is 0 Å². The van der Waals surface area contributed by atoms with Crippen LogP contribution in [0.3, 0.4) is 0 Å². The molecule has 0 bridgehead atoms. The van der Waals surface area contributed by atoms with Crippen molar-refractivity contribution < 1.29 is 22.7 Å². The SMILES string of the molecule is O=C(c1cnc2ccc(Cl)cc2c1NCc1cccc(C(F)(F)F)c1)N1CCOCC1. The molecule has 0 radical (unpaired) electrons. The predicted molar refractivity (Wildman–Crippen MR) is 112 cm³/mol. The van der Waals surface area contributed by atoms with E-state index in [1.54, 1.807) is 29.2 Å². The molecule has 0 unspecified atom stereocenters. The van der Waals surface area contributed by atoms with E-state index >= 15 is 0 Å². The minimum Gasteiger partial charge on any atom is -0.380 e. The average Bonchev–Trinajstić information content (AvgIpc) is 2.77. The van der Waals surface area contributed by atoms with Gasteiger partial charge in [-0.2, -0.15) is 13.2 Å². The van der Waals surface area contributed by atoms with Crippen LogP contribution in [0.5, 0.6) is 0 Å². The number of alkyl halides is 3. The Balaban J connectivity index is 1.70. The number of rotatable bonds is 4. The standard InChI is InChI=1S/C22H19ClF3N3O2/c23-16-4-5-19-17(11-16)20(18(13-27-19)21(30)29-6-8-31-9-7-29)28-12-14-2-1-3-15(10-14)22(24,25)26/h1-5,10-11,13H,6-9,12H2,(H,27,28). The highest BCUT2D eigenvalue weighted by Gasteiger charge is 2.30. The van der Waals surface area contributed by atoms with Crippen LogP contribution < -0.4 is 5.32 Å². The van der Waals surface area contributed by atoms with E-state index in [9.17, 15) is 18.0 Å². The van der Waals surface area contributed by atoms with Crippen molar-refractivity contribution in [2.24, 2.45) is 0 Å². The van der Waals surface area contributed by atoms with Gasteiger partial charge in [0.05, 0.1) is 35.5 Å². The summed E-state index contributed by atoms with van der Waals surface area (Å²) in [6, 6.07) is 10.2. The van der Waals surface area contributed by atoms with Crippen LogP contribution in [0.2, 0.25) is 5.02 Å². The second-order valence-corrected chi connectivity index (χ2v) is 7.60. The zero-order valence-corrected chi connectivity index (χ0v) is 17.1. The molecule has 3 aromatic rings. The average molecular weight is 450 g/mol. The number of carbonyl (C=O) groups is 1. The summed E-state index contributed by atoms with van der Waals surface area (Å²) in [6.07, 6.45) is -2.94. The Labute approximate surface area is 181 Å². The van der Waals surface area contributed by atoms with E-state index < -0.39 is 11.7 Å². The molecular weight excluding hydrogens is 431 g/mol. The largest absolute Gasteiger partial charge is 0.416 e. The first-order valence-electron chi connectivity index (χ1n) is 9.68. The summed E-state index contributed by atoms with van der Waals surface area (Å²) in [7, 11) is 0. The number of anilines is 1. The quantitative estimate of drug-likeness (QED) is 0.609. The molecule has 1 fully saturated rings. The fraction of sp³-hybridized carbons (Fsp3) is 0.273. The van der Waals surface area contributed by atoms with E-state index in [1.165, 1.54) is 12.3 Å². The Morgan fingerprint density at radius 2 is 1.94 bits per heavy atom. The summed E-state index contributed by atoms with van der Waals surface area (Å²) >= 11 is 6.17. The highest BCUT2D eigenvalue weighted by atomic mass is 35.5. The number of hydrogen-bond donors (Lipinski definition) is 1. The maximum absolute atomic E-state index is 13.2. The lowest BCUT2D eigenvalue weighted by molar-refractivity contribution is -0.137. The van der Waals surface area contributed by atoms with Gasteiger partial charge in [-0.1, -0.05) is 23.7 Å². The van der Waals surface area contributed by atoms with Crippen LogP contribution in [0.15, 0.2) is 48.7 Å². The smallest absolute Gasteiger partial charge is 0.380 e. The third-order valence-corrected chi connectivity index (χ3v) is 5.32. The van der Waals surface area contributed by atoms with Gasteiger partial charge in [-0.3, -0.25) is 9.78 Å². The third kappa shape index (κ3) is 4.75. The molecule has 0 atom stereocenters. The molecule has 1 saturated heterocycles. The number of carbonyl (C=O) groups excluding carboxylic acids is 1. The first kappa shape index (κ1) is 21.4. The number of aromatic nitrogens is 1. The number of pyridine rings is 1. The van der Waals surface area contributed by atoms with Crippen molar-refractivity contribution in [3.05, 3.63) is 70.4 Å². The van der Waals surface area contributed by atoms with E-state index in [0.29, 0.717) is 59.0 Å². The molecule has 1 aromatic heterocycles. The van der Waals surface area contributed by atoms with Crippen LogP contribution in [0.25, 0.3) is 10.9 Å². The Morgan fingerprint density at radius 3 is 2.68 bits per heavy atom. The molecule has 9 heteroatoms. The zero-order chi connectivity index (χ0) is 22.0. The van der Waals surface area contributed by atoms with Gasteiger partial charge < -0.3 is 15.0 Å². The van der Waals surface area contributed by atoms with E-state index in [-0.39, 0.29) is 12.5 Å². The molecule has 0 spiro atoms. The van der Waals surface area contributed by atoms with Gasteiger partial charge in [-0.15, -0.1) is 0 Å². The molecular formula is C22H19ClF3N3O2. The summed E-state index contributed by atoms with van der Waals surface area (Å²) in [4.78, 5) is 19.2. The maximum Gasteiger partial charge on any atom is 0.416 e. The van der Waals surface area contributed by atoms with Gasteiger partial charge in [0.2, 0.25) is 0 Å². The molecule has 2 aromatic carbocycles. The molecule has 5 nitrogen and oxygen atoms in total. The van der Waals surface area contributed by atoms with Gasteiger partial charge in [-0.25, -0.2) is 0 Å². The molecule has 0 aliphatic carbocycles. The number of amides is 1. The van der Waals surface area contributed by atoms with Crippen molar-refractivity contribution >= 4 is 34.1 Å². The number of nitrogens with zero attached hydrogens (tertiary/aromatic N) is 2. The van der Waals surface area contributed by atoms with Gasteiger partial charge in [-0.05, 0) is 35.9 Å². The summed E-state index contributed by atoms with van der Waals surface area (Å²) in [5.41, 5.74) is 1.16. The van der Waals surface area contributed by atoms with Crippen molar-refractivity contribution in [3.8, 4) is 0 Å². The van der Waals surface area contributed by atoms with Gasteiger partial charge in [0.25, 0.3) is 5.91 Å². The van der Waals surface area contributed by atoms with E-state index in [4.69, 9.17) is 16.3 Å². The Bertz CT molecular complexity index is 1110. The Hall–Kier alpha value is -2.84. The molecule has 4 rings (SSSR count). The summed E-state index contributed by atoms with van der Waals surface area (Å²) in [5.74, 6) is -0.218. The van der Waals surface area contributed by atoms with Gasteiger partial charge >= 0.3 is 6.18 Å². The van der Waals surface area contributed by atoms with Crippen molar-refractivity contribution in [1.82, 2.24) is 9.88 Å². The maximum atomic E-state index is 13.2. The first-order valence-corrected chi connectivity index (χ1v) is 10.1. The second-order valence-electron chi connectivity index (χ2n) is 7.16. The number of halogens is 4. The van der Waals surface area contributed by atoms with E-state index in [1.807, 2.05) is 0 Å². The van der Waals surface area contributed by atoms with E-state index in [0.717, 1.165) is 12.1 Å². The van der Waals surface area contributed by atoms with Crippen LogP contribution in [0, 0.1) is 0 Å². The number of ether oxygens (including phenoxy) is 1. The third-order valence-electron chi connectivity index (χ3n) is 5.08. The highest BCUT2D eigenvalue weighted by molar-refractivity contribution is 6.31. The van der Waals surface area contributed by atoms with Gasteiger partial charge in [0.15, 0.2) is 0 Å². The van der Waals surface area contributed by atoms with Crippen molar-refractivity contribution in [2.45, 2.75) is 12.7 Å². The number of hydrogen-bond acceptors (Lipinski definition) is 4. The Morgan fingerprint density at radius 1 is 1.16 bits per heavy atom. The van der Waals surface area contributed by atoms with Gasteiger partial charge in [0, 0.05) is 36.2 Å². The molecule has 2 heterocycles. The highest BCUT2D eigenvalue weighted by Crippen LogP contribution is 2.32. The molecule has 1 aliphatic heterocycles. The number of fused-ring (bicyclic) bond motifs is 1. The van der Waals surface area contributed by atoms with Crippen LogP contribution >= 0.6 is 11.6 Å².